The van der Waals surface area contributed by atoms with Crippen LogP contribution in [0.2, 0.25) is 0 Å². The summed E-state index contributed by atoms with van der Waals surface area (Å²) >= 11 is 0. The highest BCUT2D eigenvalue weighted by molar-refractivity contribution is 5.86. The summed E-state index contributed by atoms with van der Waals surface area (Å²) < 4.78 is 48.8. The zero-order valence-electron chi connectivity index (χ0n) is 18.8. The Bertz CT molecular complexity index is 1320. The maximum absolute atomic E-state index is 14.7. The second-order valence-corrected chi connectivity index (χ2v) is 8.57. The van der Waals surface area contributed by atoms with Gasteiger partial charge in [0.05, 0.1) is 12.2 Å². The van der Waals surface area contributed by atoms with Crippen LogP contribution in [0.3, 0.4) is 0 Å². The summed E-state index contributed by atoms with van der Waals surface area (Å²) in [6.07, 6.45) is 0.329. The molecular weight excluding hydrogens is 437 g/mol. The van der Waals surface area contributed by atoms with Gasteiger partial charge in [-0.1, -0.05) is 48.5 Å². The van der Waals surface area contributed by atoms with Gasteiger partial charge in [-0.2, -0.15) is 0 Å². The van der Waals surface area contributed by atoms with Gasteiger partial charge >= 0.3 is 0 Å². The second-order valence-electron chi connectivity index (χ2n) is 8.57. The molecule has 1 aliphatic heterocycles. The smallest absolute Gasteiger partial charge is 0.150 e. The molecule has 0 amide bonds. The number of ether oxygens (including phenoxy) is 1. The van der Waals surface area contributed by atoms with Crippen LogP contribution < -0.4 is 15.0 Å². The van der Waals surface area contributed by atoms with Crippen molar-refractivity contribution in [3.8, 4) is 5.75 Å². The number of rotatable bonds is 6. The van der Waals surface area contributed by atoms with Gasteiger partial charge in [-0.05, 0) is 60.5 Å². The minimum Gasteiger partial charge on any atom is -0.486 e. The molecule has 1 heterocycles. The first-order chi connectivity index (χ1) is 16.5. The molecule has 4 aromatic carbocycles. The third-order valence-electron chi connectivity index (χ3n) is 6.31. The van der Waals surface area contributed by atoms with E-state index >= 15 is 0 Å². The Morgan fingerprint density at radius 3 is 2.59 bits per heavy atom. The number of fused-ring (bicyclic) bond motifs is 2. The van der Waals surface area contributed by atoms with Crippen LogP contribution >= 0.6 is 0 Å². The predicted octanol–water partition coefficient (Wildman–Crippen LogP) is 6.90. The van der Waals surface area contributed by atoms with Gasteiger partial charge < -0.3 is 15.0 Å². The van der Waals surface area contributed by atoms with Crippen LogP contribution in [-0.2, 0) is 0 Å². The summed E-state index contributed by atoms with van der Waals surface area (Å²) in [6.45, 7) is 3.02. The zero-order chi connectivity index (χ0) is 23.7. The van der Waals surface area contributed by atoms with Crippen LogP contribution in [0.4, 0.5) is 24.5 Å². The van der Waals surface area contributed by atoms with Crippen LogP contribution in [0.1, 0.15) is 24.9 Å². The summed E-state index contributed by atoms with van der Waals surface area (Å²) in [5, 5.41) is 5.95. The third kappa shape index (κ3) is 4.33. The molecule has 4 aromatic rings. The van der Waals surface area contributed by atoms with E-state index in [1.165, 1.54) is 34.5 Å². The lowest BCUT2D eigenvalue weighted by Gasteiger charge is -2.36. The SMILES string of the molecule is C[C@@H](NCCC1CN(c2ccc(F)cc2F)c2c(F)cccc2O1)c1cccc2ccccc12. The zero-order valence-corrected chi connectivity index (χ0v) is 18.8. The first kappa shape index (κ1) is 22.3. The Morgan fingerprint density at radius 1 is 0.941 bits per heavy atom. The van der Waals surface area contributed by atoms with Crippen molar-refractivity contribution < 1.29 is 17.9 Å². The Hall–Kier alpha value is -3.51. The van der Waals surface area contributed by atoms with Crippen LogP contribution in [-0.4, -0.2) is 19.2 Å². The highest BCUT2D eigenvalue weighted by Gasteiger charge is 2.30. The Labute approximate surface area is 196 Å². The Morgan fingerprint density at radius 2 is 1.74 bits per heavy atom. The van der Waals surface area contributed by atoms with E-state index in [9.17, 15) is 13.2 Å². The van der Waals surface area contributed by atoms with Crippen LogP contribution in [0.5, 0.6) is 5.75 Å². The third-order valence-corrected chi connectivity index (χ3v) is 6.31. The number of nitrogens with zero attached hydrogens (tertiary/aromatic N) is 1. The van der Waals surface area contributed by atoms with E-state index in [1.807, 2.05) is 12.1 Å². The van der Waals surface area contributed by atoms with E-state index in [0.717, 1.165) is 6.07 Å². The van der Waals surface area contributed by atoms with E-state index < -0.39 is 17.5 Å². The molecule has 3 nitrogen and oxygen atoms in total. The maximum atomic E-state index is 14.7. The van der Waals surface area contributed by atoms with Crippen molar-refractivity contribution in [2.24, 2.45) is 0 Å². The fourth-order valence-corrected chi connectivity index (χ4v) is 4.63. The highest BCUT2D eigenvalue weighted by Crippen LogP contribution is 2.41. The number of halogens is 3. The molecule has 174 valence electrons. The molecule has 0 bridgehead atoms. The molecule has 1 aliphatic rings. The van der Waals surface area contributed by atoms with Gasteiger partial charge in [0.25, 0.3) is 0 Å². The van der Waals surface area contributed by atoms with Gasteiger partial charge in [-0.3, -0.25) is 0 Å². The molecule has 0 saturated carbocycles. The summed E-state index contributed by atoms with van der Waals surface area (Å²) in [7, 11) is 0. The van der Waals surface area contributed by atoms with Gasteiger partial charge in [0.15, 0.2) is 5.82 Å². The molecule has 0 aromatic heterocycles. The van der Waals surface area contributed by atoms with Crippen molar-refractivity contribution in [2.75, 3.05) is 18.0 Å². The lowest BCUT2D eigenvalue weighted by atomic mass is 9.99. The number of anilines is 2. The van der Waals surface area contributed by atoms with Crippen molar-refractivity contribution >= 4 is 22.1 Å². The molecule has 0 fully saturated rings. The lowest BCUT2D eigenvalue weighted by molar-refractivity contribution is 0.184. The standard InChI is InChI=1S/C28H25F3N2O/c1-18(22-9-4-7-19-6-2-3-8-23(19)22)32-15-14-21-17-33(26-13-12-20(29)16-25(26)31)28-24(30)10-5-11-27(28)34-21/h2-13,16,18,21,32H,14-15,17H2,1H3/t18-,21?/m1/s1. The largest absolute Gasteiger partial charge is 0.486 e. The van der Waals surface area contributed by atoms with Gasteiger partial charge in [-0.15, -0.1) is 0 Å². The average Bonchev–Trinajstić information content (AvgIpc) is 2.83. The van der Waals surface area contributed by atoms with E-state index in [-0.39, 0.29) is 30.1 Å². The summed E-state index contributed by atoms with van der Waals surface area (Å²) in [5.41, 5.74) is 1.50. The van der Waals surface area contributed by atoms with E-state index in [2.05, 4.69) is 42.6 Å². The molecule has 1 N–H and O–H groups in total. The molecule has 6 heteroatoms. The molecule has 34 heavy (non-hydrogen) atoms. The minimum atomic E-state index is -0.738. The van der Waals surface area contributed by atoms with E-state index in [0.29, 0.717) is 18.7 Å². The fourth-order valence-electron chi connectivity index (χ4n) is 4.63. The van der Waals surface area contributed by atoms with Gasteiger partial charge in [0.2, 0.25) is 0 Å². The van der Waals surface area contributed by atoms with Crippen molar-refractivity contribution in [3.05, 3.63) is 102 Å². The molecular formula is C28H25F3N2O. The number of benzene rings is 4. The minimum absolute atomic E-state index is 0.116. The molecule has 0 saturated heterocycles. The molecule has 0 radical (unpaired) electrons. The number of hydrogen-bond acceptors (Lipinski definition) is 3. The van der Waals surface area contributed by atoms with Crippen LogP contribution in [0.25, 0.3) is 10.8 Å². The highest BCUT2D eigenvalue weighted by atomic mass is 19.1. The first-order valence-electron chi connectivity index (χ1n) is 11.4. The topological polar surface area (TPSA) is 24.5 Å². The number of nitrogens with one attached hydrogen (secondary N) is 1. The van der Waals surface area contributed by atoms with Crippen LogP contribution in [0.15, 0.2) is 78.9 Å². The number of hydrogen-bond donors (Lipinski definition) is 1. The summed E-state index contributed by atoms with van der Waals surface area (Å²) in [6, 6.07) is 22.5. The van der Waals surface area contributed by atoms with Crippen molar-refractivity contribution in [1.82, 2.24) is 5.32 Å². The first-order valence-corrected chi connectivity index (χ1v) is 11.4. The molecule has 0 aliphatic carbocycles. The Kier molecular flexibility index (Phi) is 6.16. The van der Waals surface area contributed by atoms with E-state index in [4.69, 9.17) is 4.74 Å². The van der Waals surface area contributed by atoms with Crippen molar-refractivity contribution in [3.63, 3.8) is 0 Å². The maximum Gasteiger partial charge on any atom is 0.150 e. The number of para-hydroxylation sites is 1. The van der Waals surface area contributed by atoms with E-state index in [1.54, 1.807) is 17.0 Å². The summed E-state index contributed by atoms with van der Waals surface area (Å²) in [5.74, 6) is -1.58. The lowest BCUT2D eigenvalue weighted by Crippen LogP contribution is -2.40. The van der Waals surface area contributed by atoms with Crippen molar-refractivity contribution in [1.29, 1.82) is 0 Å². The molecule has 0 spiro atoms. The average molecular weight is 463 g/mol. The van der Waals surface area contributed by atoms with Gasteiger partial charge in [0.1, 0.15) is 29.2 Å². The fraction of sp³-hybridized carbons (Fsp3) is 0.214. The summed E-state index contributed by atoms with van der Waals surface area (Å²) in [4.78, 5) is 1.54. The molecule has 2 atom stereocenters. The predicted molar refractivity (Wildman–Crippen MR) is 129 cm³/mol. The van der Waals surface area contributed by atoms with Crippen LogP contribution in [0, 0.1) is 17.5 Å². The monoisotopic (exact) mass is 462 g/mol. The van der Waals surface area contributed by atoms with Crippen molar-refractivity contribution in [2.45, 2.75) is 25.5 Å². The molecule has 1 unspecified atom stereocenters. The quantitative estimate of drug-likeness (QED) is 0.337. The van der Waals surface area contributed by atoms with Gasteiger partial charge in [0, 0.05) is 12.1 Å². The van der Waals surface area contributed by atoms with Gasteiger partial charge in [-0.25, -0.2) is 13.2 Å². The Balaban J connectivity index is 1.33. The normalized spacial score (nSPS) is 16.2. The molecule has 5 rings (SSSR count). The second kappa shape index (κ2) is 9.39.